The molecule has 0 radical (unpaired) electrons. The summed E-state index contributed by atoms with van der Waals surface area (Å²) in [6.07, 6.45) is -67.6. The fraction of sp³-hybridized carbons (Fsp3) is 0.935. The van der Waals surface area contributed by atoms with Gasteiger partial charge < -0.3 is 203 Å². The summed E-state index contributed by atoms with van der Waals surface area (Å²) in [5, 5.41) is 256. The molecule has 0 aromatic rings. The molecule has 8 aliphatic heterocycles. The topological polar surface area (TPSA) is 700 Å². The van der Waals surface area contributed by atoms with E-state index in [2.05, 4.69) is 40.7 Å². The van der Waals surface area contributed by atoms with Gasteiger partial charge in [0.05, 0.1) is 88.6 Å². The van der Waals surface area contributed by atoms with E-state index in [1.807, 2.05) is 27.7 Å². The Balaban J connectivity index is 0.742. The Bertz CT molecular complexity index is 4020. The monoisotopic (exact) mass is 1970 g/mol. The van der Waals surface area contributed by atoms with Crippen LogP contribution in [0, 0.1) is 62.1 Å². The number of hydrogen-bond acceptors (Lipinski definition) is 44. The van der Waals surface area contributed by atoms with Crippen molar-refractivity contribution in [3.63, 3.8) is 0 Å². The van der Waals surface area contributed by atoms with Crippen molar-refractivity contribution in [3.05, 3.63) is 11.6 Å². The first-order chi connectivity index (χ1) is 64.3. The Morgan fingerprint density at radius 2 is 0.956 bits per heavy atom. The molecular weight excluding hydrogens is 1820 g/mol. The lowest BCUT2D eigenvalue weighted by atomic mass is 9.33. The summed E-state index contributed by atoms with van der Waals surface area (Å²) in [6, 6.07) is 0. The van der Waals surface area contributed by atoms with E-state index in [9.17, 15) is 132 Å². The van der Waals surface area contributed by atoms with E-state index in [1.54, 1.807) is 13.8 Å². The van der Waals surface area contributed by atoms with Crippen LogP contribution in [0.4, 0.5) is 0 Å². The minimum absolute atomic E-state index is 0.00854. The van der Waals surface area contributed by atoms with Crippen LogP contribution in [-0.4, -0.2) is 432 Å². The second kappa shape index (κ2) is 44.0. The number of rotatable bonds is 33. The molecule has 8 saturated heterocycles. The molecule has 137 heavy (non-hydrogen) atoms. The van der Waals surface area contributed by atoms with Gasteiger partial charge in [-0.15, -0.1) is 0 Å². The molecule has 0 spiro atoms. The molecule has 23 N–H and O–H groups in total. The lowest BCUT2D eigenvalue weighted by Crippen LogP contribution is -2.69. The van der Waals surface area contributed by atoms with Gasteiger partial charge in [-0.3, -0.25) is 14.4 Å². The zero-order chi connectivity index (χ0) is 101. The van der Waals surface area contributed by atoms with Crippen molar-refractivity contribution in [2.75, 3.05) is 33.0 Å². The molecule has 12 fully saturated rings. The van der Waals surface area contributed by atoms with Gasteiger partial charge in [0.1, 0.15) is 152 Å². The summed E-state index contributed by atoms with van der Waals surface area (Å²) < 4.78 is 109. The molecule has 5 aliphatic carbocycles. The maximum Gasteiger partial charge on any atom is 0.335 e. The third-order valence-corrected chi connectivity index (χ3v) is 33.2. The molecule has 788 valence electrons. The lowest BCUT2D eigenvalue weighted by Gasteiger charge is -2.72. The number of esters is 3. The highest BCUT2D eigenvalue weighted by molar-refractivity contribution is 5.80. The molecule has 45 nitrogen and oxygen atoms in total. The highest BCUT2D eigenvalue weighted by Gasteiger charge is 2.73. The van der Waals surface area contributed by atoms with Gasteiger partial charge in [-0.2, -0.15) is 0 Å². The quantitative estimate of drug-likeness (QED) is 0.0127. The number of aliphatic hydroxyl groups excluding tert-OH is 22. The van der Waals surface area contributed by atoms with E-state index in [0.29, 0.717) is 51.4 Å². The molecule has 45 heteroatoms. The molecule has 0 aromatic carbocycles. The molecule has 0 amide bonds. The molecule has 0 bridgehead atoms. The van der Waals surface area contributed by atoms with Crippen molar-refractivity contribution in [2.24, 2.45) is 62.1 Å². The number of ether oxygens (including phenoxy) is 18. The van der Waals surface area contributed by atoms with E-state index in [4.69, 9.17) is 85.3 Å². The van der Waals surface area contributed by atoms with E-state index in [-0.39, 0.29) is 49.9 Å². The van der Waals surface area contributed by atoms with E-state index >= 15 is 4.79 Å². The average Bonchev–Trinajstić information content (AvgIpc) is 0.957. The summed E-state index contributed by atoms with van der Waals surface area (Å²) in [5.41, 5.74) is -4.30. The van der Waals surface area contributed by atoms with Crippen LogP contribution in [0.5, 0.6) is 0 Å². The van der Waals surface area contributed by atoms with Crippen molar-refractivity contribution in [3.8, 4) is 0 Å². The van der Waals surface area contributed by atoms with Crippen LogP contribution in [0.3, 0.4) is 0 Å². The Morgan fingerprint density at radius 1 is 0.453 bits per heavy atom. The zero-order valence-electron chi connectivity index (χ0n) is 79.6. The number of carbonyl (C=O) groups excluding carboxylic acids is 3. The third kappa shape index (κ3) is 21.8. The third-order valence-electron chi connectivity index (χ3n) is 33.2. The minimum atomic E-state index is -2.20. The molecule has 0 unspecified atom stereocenters. The van der Waals surface area contributed by atoms with Crippen molar-refractivity contribution < 1.29 is 222 Å². The number of aliphatic hydroxyl groups is 22. The largest absolute Gasteiger partial charge is 0.479 e. The summed E-state index contributed by atoms with van der Waals surface area (Å²) in [6.45, 7) is 21.4. The predicted octanol–water partition coefficient (Wildman–Crippen LogP) is -4.87. The van der Waals surface area contributed by atoms with Crippen LogP contribution >= 0.6 is 0 Å². The van der Waals surface area contributed by atoms with Crippen molar-refractivity contribution in [1.82, 2.24) is 0 Å². The van der Waals surface area contributed by atoms with Crippen LogP contribution in [0.15, 0.2) is 11.6 Å². The first-order valence-electron chi connectivity index (χ1n) is 48.3. The molecule has 0 aromatic heterocycles. The second-order valence-corrected chi connectivity index (χ2v) is 42.8. The Kier molecular flexibility index (Phi) is 35.5. The van der Waals surface area contributed by atoms with E-state index in [1.165, 1.54) is 13.8 Å². The van der Waals surface area contributed by atoms with Gasteiger partial charge >= 0.3 is 23.9 Å². The predicted molar refractivity (Wildman–Crippen MR) is 458 cm³/mol. The number of carboxylic acids is 1. The van der Waals surface area contributed by atoms with Gasteiger partial charge in [-0.1, -0.05) is 101 Å². The molecule has 13 rings (SSSR count). The number of aliphatic carboxylic acids is 1. The lowest BCUT2D eigenvalue weighted by molar-refractivity contribution is -0.392. The highest BCUT2D eigenvalue weighted by Crippen LogP contribution is 2.76. The first-order valence-corrected chi connectivity index (χ1v) is 48.3. The van der Waals surface area contributed by atoms with Gasteiger partial charge in [-0.05, 0) is 128 Å². The molecule has 4 saturated carbocycles. The molecule has 13 aliphatic rings. The fourth-order valence-corrected chi connectivity index (χ4v) is 24.3. The average molecular weight is 1980 g/mol. The van der Waals surface area contributed by atoms with Crippen molar-refractivity contribution in [1.29, 1.82) is 0 Å². The number of carboxylic acid groups (broad SMARTS) is 1. The van der Waals surface area contributed by atoms with Crippen LogP contribution < -0.4 is 0 Å². The standard InChI is InChI=1S/C92H150O45/c1-14-35(3)46(125-54(101)26-40(96)25-47(36(4)15-2)126-82-64(111)59(106)49(31-94)127-82)24-39(95)27-55(102)130-71-38(6)124-84(75(67(71)114)135-81-66(113)61(108)70(37(5)123-81)131-80-69(116)72(45(99)34-122-80)132-78-62(109)56(103)43(97)32-120-78)137-86(119)92-23-22-87(7,8)28-42(92)41-16-17-51-89(11)20-19-53(88(9,10)50(89)18-21-90(51,12)91(41,13)29-52(92)100)129-85-76(136-83-65(112)60(107)58(105)48(30-93)128-83)73(68(115)74(134-85)77(117)118)133-79-63(110)57(104)44(98)33-121-79/h16,35-40,42-53,56-76,78-85,93-100,103-116H,14-15,17-34H2,1-13H3,(H,117,118)/t35-,36-,37-,38+,39-,40-,42-,43+,44+,45+,46-,47-,48+,49-,50-,51+,52+,53-,56-,57-,58-,59-,60-,61-,62+,63+,64+,65+,66+,67-,68-,69+,70-,71-,72-,73-,74-,75+,76+,78-,79-,80-,81-,82+,83-,84-,85+,89-,90+,91+,92+/m0/s1. The summed E-state index contributed by atoms with van der Waals surface area (Å²) >= 11 is 0. The number of hydrogen-bond donors (Lipinski definition) is 23. The smallest absolute Gasteiger partial charge is 0.335 e. The van der Waals surface area contributed by atoms with Gasteiger partial charge in [0.25, 0.3) is 0 Å². The van der Waals surface area contributed by atoms with Crippen molar-refractivity contribution in [2.45, 2.75) is 444 Å². The highest BCUT2D eigenvalue weighted by atomic mass is 16.8. The summed E-state index contributed by atoms with van der Waals surface area (Å²) in [5.74, 6) is -6.54. The molecule has 51 atom stereocenters. The van der Waals surface area contributed by atoms with Gasteiger partial charge in [0.15, 0.2) is 62.3 Å². The summed E-state index contributed by atoms with van der Waals surface area (Å²) in [7, 11) is 0. The SMILES string of the molecule is CC[C@H](C)[C@H](C[C@H](O)CC(=O)O[C@@H]1[C@H](O)[C@@H](O[C@@H]2O[C@@H](C)[C@H](O[C@@H]3OC[C@@H](O)[C@H](O[C@@H]4OC[C@@H](O)[C@H](O)[C@H]4O)[C@H]3O)[C@@H](O)[C@H]2O)[C@H](OC(=O)[C@]23CCC(C)(C)C[C@H]2C2=CC[C@@H]4[C@@]5(C)CC[C@H](O[C@@H]6O[C@H](C(=O)O)[C@@H](O)[C@H](O[C@@H]7OC[C@@H](O)[C@H](O)[C@H]7O)[C@H]6O[C@@H]6O[C@H](CO)[C@H](O)[C@H](O)[C@H]6O)C(C)(C)[C@@H]5CC[C@@]4(C)[C@]2(C)C[C@H]3O)O[C@@H]1C)OC(=O)C[C@@H](O)C[C@H](O[C@@H]1O[C@@H](CO)[C@H](O)[C@H]1O)[C@@H](C)CC. The fourth-order valence-electron chi connectivity index (χ4n) is 24.3. The van der Waals surface area contributed by atoms with Crippen LogP contribution in [0.2, 0.25) is 0 Å². The zero-order valence-corrected chi connectivity index (χ0v) is 79.6. The van der Waals surface area contributed by atoms with Gasteiger partial charge in [-0.25, -0.2) is 4.79 Å². The molecular formula is C92H150O45. The Morgan fingerprint density at radius 3 is 1.56 bits per heavy atom. The summed E-state index contributed by atoms with van der Waals surface area (Å²) in [4.78, 5) is 57.6. The first kappa shape index (κ1) is 110. The maximum atomic E-state index is 16.4. The van der Waals surface area contributed by atoms with E-state index < -0.39 is 372 Å². The maximum absolute atomic E-state index is 16.4. The van der Waals surface area contributed by atoms with Crippen LogP contribution in [-0.2, 0) is 104 Å². The van der Waals surface area contributed by atoms with Gasteiger partial charge in [0, 0.05) is 12.8 Å². The Labute approximate surface area is 793 Å². The van der Waals surface area contributed by atoms with Crippen LogP contribution in [0.25, 0.3) is 0 Å². The molecule has 8 heterocycles. The van der Waals surface area contributed by atoms with Crippen molar-refractivity contribution >= 4 is 23.9 Å². The minimum Gasteiger partial charge on any atom is -0.479 e. The Hall–Kier alpha value is -3.86. The normalized spacial score (nSPS) is 48.4. The van der Waals surface area contributed by atoms with Gasteiger partial charge in [0.2, 0.25) is 6.29 Å². The number of fused-ring (bicyclic) bond motifs is 7. The second-order valence-electron chi connectivity index (χ2n) is 42.8. The van der Waals surface area contributed by atoms with Crippen LogP contribution in [0.1, 0.15) is 186 Å². The number of allylic oxidation sites excluding steroid dienone is 2. The van der Waals surface area contributed by atoms with E-state index in [0.717, 1.165) is 5.57 Å². The number of carbonyl (C=O) groups is 4.